The number of carboxylic acid groups (broad SMARTS) is 1. The molecule has 0 bridgehead atoms. The van der Waals surface area contributed by atoms with Crippen LogP contribution in [-0.4, -0.2) is 25.5 Å². The first kappa shape index (κ1) is 16.0. The number of hydrogen-bond acceptors (Lipinski definition) is 4. The lowest BCUT2D eigenvalue weighted by atomic mass is 10.1. The Morgan fingerprint density at radius 3 is 2.23 bits per heavy atom. The number of carboxylic acids is 1. The van der Waals surface area contributed by atoms with Crippen molar-refractivity contribution in [3.8, 4) is 0 Å². The maximum Gasteiger partial charge on any atom is 0.320 e. The summed E-state index contributed by atoms with van der Waals surface area (Å²) < 4.78 is 26.8. The lowest BCUT2D eigenvalue weighted by Gasteiger charge is -2.10. The van der Waals surface area contributed by atoms with E-state index in [0.717, 1.165) is 5.56 Å². The monoisotopic (exact) mass is 320 g/mol. The summed E-state index contributed by atoms with van der Waals surface area (Å²) >= 11 is 0. The van der Waals surface area contributed by atoms with Crippen molar-refractivity contribution in [3.05, 3.63) is 60.2 Å². The molecule has 7 heteroatoms. The maximum atomic E-state index is 12.1. The number of nitrogens with one attached hydrogen (secondary N) is 1. The Hall–Kier alpha value is -2.38. The van der Waals surface area contributed by atoms with Crippen molar-refractivity contribution in [2.75, 3.05) is 4.72 Å². The predicted molar refractivity (Wildman–Crippen MR) is 83.0 cm³/mol. The van der Waals surface area contributed by atoms with Crippen LogP contribution in [0.5, 0.6) is 0 Å². The van der Waals surface area contributed by atoms with Crippen molar-refractivity contribution in [2.45, 2.75) is 17.4 Å². The van der Waals surface area contributed by atoms with Gasteiger partial charge in [-0.3, -0.25) is 9.52 Å². The first-order chi connectivity index (χ1) is 10.4. The van der Waals surface area contributed by atoms with Crippen LogP contribution in [0, 0.1) is 0 Å². The molecule has 1 atom stereocenters. The molecular formula is C15H16N2O4S. The third-order valence-electron chi connectivity index (χ3n) is 3.03. The summed E-state index contributed by atoms with van der Waals surface area (Å²) in [5.41, 5.74) is 6.57. The molecule has 0 saturated carbocycles. The van der Waals surface area contributed by atoms with Gasteiger partial charge < -0.3 is 10.8 Å². The fourth-order valence-corrected chi connectivity index (χ4v) is 2.94. The zero-order chi connectivity index (χ0) is 16.2. The molecular weight excluding hydrogens is 304 g/mol. The number of nitrogens with two attached hydrogens (primary N) is 1. The van der Waals surface area contributed by atoms with Crippen LogP contribution in [0.25, 0.3) is 0 Å². The summed E-state index contributed by atoms with van der Waals surface area (Å²) in [6.07, 6.45) is 0.182. The first-order valence-electron chi connectivity index (χ1n) is 6.54. The normalized spacial score (nSPS) is 12.6. The second-order valence-electron chi connectivity index (χ2n) is 4.76. The predicted octanol–water partition coefficient (Wildman–Crippen LogP) is 1.44. The van der Waals surface area contributed by atoms with Crippen molar-refractivity contribution in [1.82, 2.24) is 0 Å². The highest BCUT2D eigenvalue weighted by Crippen LogP contribution is 2.16. The molecule has 0 amide bonds. The van der Waals surface area contributed by atoms with E-state index in [9.17, 15) is 13.2 Å². The van der Waals surface area contributed by atoms with E-state index in [1.165, 1.54) is 12.1 Å². The summed E-state index contributed by atoms with van der Waals surface area (Å²) in [6, 6.07) is 13.5. The van der Waals surface area contributed by atoms with Gasteiger partial charge in [-0.25, -0.2) is 8.42 Å². The third-order valence-corrected chi connectivity index (χ3v) is 4.43. The van der Waals surface area contributed by atoms with Crippen LogP contribution in [0.3, 0.4) is 0 Å². The van der Waals surface area contributed by atoms with Gasteiger partial charge in [-0.15, -0.1) is 0 Å². The highest BCUT2D eigenvalue weighted by atomic mass is 32.2. The molecule has 0 fully saturated rings. The number of sulfonamides is 1. The average molecular weight is 320 g/mol. The number of rotatable bonds is 6. The second-order valence-corrected chi connectivity index (χ2v) is 6.45. The van der Waals surface area contributed by atoms with Gasteiger partial charge >= 0.3 is 5.97 Å². The van der Waals surface area contributed by atoms with E-state index < -0.39 is 22.0 Å². The number of hydrogen-bond donors (Lipinski definition) is 3. The van der Waals surface area contributed by atoms with Crippen LogP contribution in [0.4, 0.5) is 5.69 Å². The lowest BCUT2D eigenvalue weighted by molar-refractivity contribution is -0.138. The molecule has 0 spiro atoms. The SMILES string of the molecule is NC(Cc1ccc(NS(=O)(=O)c2ccccc2)cc1)C(=O)O. The van der Waals surface area contributed by atoms with E-state index in [4.69, 9.17) is 10.8 Å². The number of aliphatic carboxylic acids is 1. The summed E-state index contributed by atoms with van der Waals surface area (Å²) in [6.45, 7) is 0. The van der Waals surface area contributed by atoms with E-state index in [1.807, 2.05) is 0 Å². The van der Waals surface area contributed by atoms with E-state index in [1.54, 1.807) is 42.5 Å². The van der Waals surface area contributed by atoms with Gasteiger partial charge in [-0.2, -0.15) is 0 Å². The molecule has 0 aliphatic carbocycles. The number of anilines is 1. The summed E-state index contributed by atoms with van der Waals surface area (Å²) in [7, 11) is -3.63. The topological polar surface area (TPSA) is 109 Å². The zero-order valence-corrected chi connectivity index (χ0v) is 12.5. The summed E-state index contributed by atoms with van der Waals surface area (Å²) in [5, 5.41) is 8.76. The van der Waals surface area contributed by atoms with Crippen LogP contribution in [0.1, 0.15) is 5.56 Å². The number of benzene rings is 2. The number of carbonyl (C=O) groups is 1. The van der Waals surface area contributed by atoms with Gasteiger partial charge in [-0.1, -0.05) is 30.3 Å². The van der Waals surface area contributed by atoms with Crippen molar-refractivity contribution < 1.29 is 18.3 Å². The second kappa shape index (κ2) is 6.59. The van der Waals surface area contributed by atoms with E-state index >= 15 is 0 Å². The quantitative estimate of drug-likeness (QED) is 0.746. The fourth-order valence-electron chi connectivity index (χ4n) is 1.86. The molecule has 1 unspecified atom stereocenters. The standard InChI is InChI=1S/C15H16N2O4S/c16-14(15(18)19)10-11-6-8-12(9-7-11)17-22(20,21)13-4-2-1-3-5-13/h1-9,14,17H,10,16H2,(H,18,19). The minimum atomic E-state index is -3.63. The molecule has 0 aromatic heterocycles. The molecule has 0 aliphatic rings. The Morgan fingerprint density at radius 2 is 1.68 bits per heavy atom. The molecule has 2 aromatic carbocycles. The van der Waals surface area contributed by atoms with Crippen LogP contribution < -0.4 is 10.5 Å². The molecule has 0 heterocycles. The molecule has 4 N–H and O–H groups in total. The Balaban J connectivity index is 2.10. The summed E-state index contributed by atoms with van der Waals surface area (Å²) in [4.78, 5) is 10.9. The molecule has 22 heavy (non-hydrogen) atoms. The van der Waals surface area contributed by atoms with E-state index in [-0.39, 0.29) is 11.3 Å². The van der Waals surface area contributed by atoms with Gasteiger partial charge in [0, 0.05) is 5.69 Å². The lowest BCUT2D eigenvalue weighted by Crippen LogP contribution is -2.32. The van der Waals surface area contributed by atoms with Crippen LogP contribution >= 0.6 is 0 Å². The zero-order valence-electron chi connectivity index (χ0n) is 11.6. The smallest absolute Gasteiger partial charge is 0.320 e. The van der Waals surface area contributed by atoms with Crippen LogP contribution in [0.15, 0.2) is 59.5 Å². The molecule has 0 radical (unpaired) electrons. The average Bonchev–Trinajstić information content (AvgIpc) is 2.50. The van der Waals surface area contributed by atoms with Crippen LogP contribution in [0.2, 0.25) is 0 Å². The van der Waals surface area contributed by atoms with Crippen molar-refractivity contribution in [2.24, 2.45) is 5.73 Å². The van der Waals surface area contributed by atoms with Gasteiger partial charge in [0.25, 0.3) is 10.0 Å². The van der Waals surface area contributed by atoms with Gasteiger partial charge in [0.1, 0.15) is 6.04 Å². The fraction of sp³-hybridized carbons (Fsp3) is 0.133. The van der Waals surface area contributed by atoms with Crippen molar-refractivity contribution >= 4 is 21.7 Å². The highest BCUT2D eigenvalue weighted by Gasteiger charge is 2.14. The van der Waals surface area contributed by atoms with Gasteiger partial charge in [0.05, 0.1) is 4.90 Å². The molecule has 0 aliphatic heterocycles. The molecule has 2 aromatic rings. The minimum Gasteiger partial charge on any atom is -0.480 e. The Morgan fingerprint density at radius 1 is 1.09 bits per heavy atom. The van der Waals surface area contributed by atoms with Crippen LogP contribution in [-0.2, 0) is 21.2 Å². The molecule has 2 rings (SSSR count). The Kier molecular flexibility index (Phi) is 4.79. The highest BCUT2D eigenvalue weighted by molar-refractivity contribution is 7.92. The summed E-state index contributed by atoms with van der Waals surface area (Å²) in [5.74, 6) is -1.08. The van der Waals surface area contributed by atoms with Gasteiger partial charge in [0.15, 0.2) is 0 Å². The largest absolute Gasteiger partial charge is 0.480 e. The Bertz CT molecular complexity index is 743. The Labute approximate surface area is 128 Å². The van der Waals surface area contributed by atoms with E-state index in [0.29, 0.717) is 5.69 Å². The first-order valence-corrected chi connectivity index (χ1v) is 8.02. The third kappa shape index (κ3) is 4.06. The molecule has 0 saturated heterocycles. The van der Waals surface area contributed by atoms with Crippen molar-refractivity contribution in [1.29, 1.82) is 0 Å². The van der Waals surface area contributed by atoms with Gasteiger partial charge in [0.2, 0.25) is 0 Å². The maximum absolute atomic E-state index is 12.1. The minimum absolute atomic E-state index is 0.173. The van der Waals surface area contributed by atoms with Gasteiger partial charge in [-0.05, 0) is 36.2 Å². The van der Waals surface area contributed by atoms with Crippen molar-refractivity contribution in [3.63, 3.8) is 0 Å². The molecule has 6 nitrogen and oxygen atoms in total. The molecule has 116 valence electrons. The van der Waals surface area contributed by atoms with E-state index in [2.05, 4.69) is 4.72 Å².